The Hall–Kier alpha value is -0.120. The predicted molar refractivity (Wildman–Crippen MR) is 91.4 cm³/mol. The molecule has 4 N–H and O–H groups in total. The number of aliphatic hydroxyl groups is 2. The molecule has 0 radical (unpaired) electrons. The van der Waals surface area contributed by atoms with Crippen LogP contribution in [0.25, 0.3) is 0 Å². The molecule has 0 spiro atoms. The van der Waals surface area contributed by atoms with Gasteiger partial charge in [-0.05, 0) is 13.3 Å². The maximum absolute atomic E-state index is 9.80. The minimum absolute atomic E-state index is 0.253. The molecule has 3 heteroatoms. The van der Waals surface area contributed by atoms with E-state index in [9.17, 15) is 10.2 Å². The summed E-state index contributed by atoms with van der Waals surface area (Å²) in [6.07, 6.45) is 14.7. The quantitative estimate of drug-likeness (QED) is 0.398. The normalized spacial score (nSPS) is 15.9. The molecule has 0 aromatic heterocycles. The summed E-state index contributed by atoms with van der Waals surface area (Å²) in [6, 6.07) is -0.253. The van der Waals surface area contributed by atoms with Gasteiger partial charge in [0.15, 0.2) is 0 Å². The zero-order chi connectivity index (χ0) is 15.9. The third-order valence-corrected chi connectivity index (χ3v) is 4.26. The van der Waals surface area contributed by atoms with Gasteiger partial charge in [-0.15, -0.1) is 0 Å². The maximum Gasteiger partial charge on any atom is 0.0712 e. The minimum atomic E-state index is -0.576. The average Bonchev–Trinajstić information content (AvgIpc) is 2.44. The molecule has 3 atom stereocenters. The number of hydrogen-bond donors (Lipinski definition) is 3. The molecule has 0 aliphatic carbocycles. The number of hydrogen-bond acceptors (Lipinski definition) is 3. The Morgan fingerprint density at radius 3 is 1.62 bits per heavy atom. The molecular formula is C18H39NO2. The summed E-state index contributed by atoms with van der Waals surface area (Å²) in [4.78, 5) is 0. The standard InChI is InChI=1S/C18H39NO2/c1-3-4-5-6-7-8-9-10-11-12-13-14-17(20)15-18(21)16(2)19/h16-18,20-21H,3-15,19H2,1-2H3/t16-,17-,18+/m1/s1. The summed E-state index contributed by atoms with van der Waals surface area (Å²) in [6.45, 7) is 4.04. The molecule has 3 nitrogen and oxygen atoms in total. The van der Waals surface area contributed by atoms with Crippen molar-refractivity contribution in [1.29, 1.82) is 0 Å². The van der Waals surface area contributed by atoms with Crippen molar-refractivity contribution in [3.8, 4) is 0 Å². The first-order valence-corrected chi connectivity index (χ1v) is 9.19. The minimum Gasteiger partial charge on any atom is -0.393 e. The first kappa shape index (κ1) is 20.9. The molecule has 0 saturated heterocycles. The monoisotopic (exact) mass is 301 g/mol. The zero-order valence-corrected chi connectivity index (χ0v) is 14.4. The largest absolute Gasteiger partial charge is 0.393 e. The summed E-state index contributed by atoms with van der Waals surface area (Å²) < 4.78 is 0. The molecular weight excluding hydrogens is 262 g/mol. The lowest BCUT2D eigenvalue weighted by molar-refractivity contribution is 0.0629. The summed E-state index contributed by atoms with van der Waals surface area (Å²) in [7, 11) is 0. The Morgan fingerprint density at radius 1 is 0.762 bits per heavy atom. The fraction of sp³-hybridized carbons (Fsp3) is 1.00. The second-order valence-corrected chi connectivity index (χ2v) is 6.64. The van der Waals surface area contributed by atoms with Crippen LogP contribution in [0.15, 0.2) is 0 Å². The van der Waals surface area contributed by atoms with Gasteiger partial charge in [0.05, 0.1) is 12.2 Å². The van der Waals surface area contributed by atoms with Gasteiger partial charge in [-0.2, -0.15) is 0 Å². The first-order valence-electron chi connectivity index (χ1n) is 9.19. The van der Waals surface area contributed by atoms with Crippen molar-refractivity contribution in [2.45, 2.75) is 116 Å². The molecule has 0 aliphatic rings. The van der Waals surface area contributed by atoms with Crippen LogP contribution in [0.2, 0.25) is 0 Å². The van der Waals surface area contributed by atoms with Crippen molar-refractivity contribution in [3.63, 3.8) is 0 Å². The van der Waals surface area contributed by atoms with Crippen LogP contribution >= 0.6 is 0 Å². The fourth-order valence-electron chi connectivity index (χ4n) is 2.66. The zero-order valence-electron chi connectivity index (χ0n) is 14.4. The lowest BCUT2D eigenvalue weighted by atomic mass is 10.0. The Bertz CT molecular complexity index is 209. The van der Waals surface area contributed by atoms with E-state index in [1.165, 1.54) is 64.2 Å². The second-order valence-electron chi connectivity index (χ2n) is 6.64. The third-order valence-electron chi connectivity index (χ3n) is 4.26. The molecule has 0 rings (SSSR count). The Labute approximate surface area is 132 Å². The van der Waals surface area contributed by atoms with Gasteiger partial charge in [0.1, 0.15) is 0 Å². The van der Waals surface area contributed by atoms with E-state index in [4.69, 9.17) is 5.73 Å². The van der Waals surface area contributed by atoms with Crippen molar-refractivity contribution in [1.82, 2.24) is 0 Å². The van der Waals surface area contributed by atoms with Crippen molar-refractivity contribution >= 4 is 0 Å². The summed E-state index contributed by atoms with van der Waals surface area (Å²) >= 11 is 0. The van der Waals surface area contributed by atoms with Crippen molar-refractivity contribution in [2.75, 3.05) is 0 Å². The van der Waals surface area contributed by atoms with E-state index in [1.807, 2.05) is 0 Å². The van der Waals surface area contributed by atoms with Gasteiger partial charge < -0.3 is 15.9 Å². The van der Waals surface area contributed by atoms with Crippen LogP contribution in [-0.4, -0.2) is 28.5 Å². The molecule has 0 fully saturated rings. The topological polar surface area (TPSA) is 66.5 Å². The lowest BCUT2D eigenvalue weighted by Gasteiger charge is -2.18. The van der Waals surface area contributed by atoms with E-state index < -0.39 is 12.2 Å². The van der Waals surface area contributed by atoms with Gasteiger partial charge in [-0.25, -0.2) is 0 Å². The Kier molecular flexibility index (Phi) is 14.7. The molecule has 0 amide bonds. The van der Waals surface area contributed by atoms with Crippen molar-refractivity contribution in [2.24, 2.45) is 5.73 Å². The highest BCUT2D eigenvalue weighted by Crippen LogP contribution is 2.14. The first-order chi connectivity index (χ1) is 10.1. The maximum atomic E-state index is 9.80. The van der Waals surface area contributed by atoms with Crippen molar-refractivity contribution < 1.29 is 10.2 Å². The van der Waals surface area contributed by atoms with Gasteiger partial charge in [-0.1, -0.05) is 77.6 Å². The molecule has 0 aliphatic heterocycles. The summed E-state index contributed by atoms with van der Waals surface area (Å²) in [5.41, 5.74) is 5.58. The van der Waals surface area contributed by atoms with Crippen LogP contribution < -0.4 is 5.73 Å². The fourth-order valence-corrected chi connectivity index (χ4v) is 2.66. The number of nitrogens with two attached hydrogens (primary N) is 1. The van der Waals surface area contributed by atoms with Gasteiger partial charge in [-0.3, -0.25) is 0 Å². The van der Waals surface area contributed by atoms with Crippen LogP contribution in [0.4, 0.5) is 0 Å². The molecule has 0 saturated carbocycles. The lowest BCUT2D eigenvalue weighted by Crippen LogP contribution is -2.34. The second kappa shape index (κ2) is 14.8. The van der Waals surface area contributed by atoms with Crippen molar-refractivity contribution in [3.05, 3.63) is 0 Å². The Balaban J connectivity index is 3.21. The Morgan fingerprint density at radius 2 is 1.19 bits per heavy atom. The van der Waals surface area contributed by atoms with E-state index >= 15 is 0 Å². The van der Waals surface area contributed by atoms with E-state index in [-0.39, 0.29) is 6.04 Å². The predicted octanol–water partition coefficient (Wildman–Crippen LogP) is 4.15. The van der Waals surface area contributed by atoms with Crippen LogP contribution in [0.5, 0.6) is 0 Å². The smallest absolute Gasteiger partial charge is 0.0712 e. The molecule has 0 aromatic carbocycles. The van der Waals surface area contributed by atoms with Crippen LogP contribution in [0, 0.1) is 0 Å². The SMILES string of the molecule is CCCCCCCCCCCCC[C@@H](O)C[C@H](O)[C@@H](C)N. The average molecular weight is 302 g/mol. The van der Waals surface area contributed by atoms with Crippen LogP contribution in [0.3, 0.4) is 0 Å². The third kappa shape index (κ3) is 14.6. The van der Waals surface area contributed by atoms with E-state index in [0.29, 0.717) is 6.42 Å². The molecule has 128 valence electrons. The van der Waals surface area contributed by atoms with Gasteiger partial charge in [0.2, 0.25) is 0 Å². The number of unbranched alkanes of at least 4 members (excludes halogenated alkanes) is 10. The highest BCUT2D eigenvalue weighted by Gasteiger charge is 2.14. The van der Waals surface area contributed by atoms with E-state index in [0.717, 1.165) is 12.8 Å². The molecule has 21 heavy (non-hydrogen) atoms. The molecule has 0 aromatic rings. The number of rotatable bonds is 15. The van der Waals surface area contributed by atoms with Gasteiger partial charge in [0, 0.05) is 12.5 Å². The molecule has 0 bridgehead atoms. The van der Waals surface area contributed by atoms with Crippen LogP contribution in [0.1, 0.15) is 97.3 Å². The highest BCUT2D eigenvalue weighted by atomic mass is 16.3. The van der Waals surface area contributed by atoms with Gasteiger partial charge in [0.25, 0.3) is 0 Å². The summed E-state index contributed by atoms with van der Waals surface area (Å²) in [5.74, 6) is 0. The van der Waals surface area contributed by atoms with E-state index in [2.05, 4.69) is 6.92 Å². The van der Waals surface area contributed by atoms with Gasteiger partial charge >= 0.3 is 0 Å². The number of aliphatic hydroxyl groups excluding tert-OH is 2. The summed E-state index contributed by atoms with van der Waals surface area (Å²) in [5, 5.41) is 19.4. The van der Waals surface area contributed by atoms with E-state index in [1.54, 1.807) is 6.92 Å². The molecule has 0 unspecified atom stereocenters. The highest BCUT2D eigenvalue weighted by molar-refractivity contribution is 4.70. The molecule has 0 heterocycles. The van der Waals surface area contributed by atoms with Crippen LogP contribution in [-0.2, 0) is 0 Å².